The van der Waals surface area contributed by atoms with Crippen molar-refractivity contribution in [1.29, 1.82) is 0 Å². The van der Waals surface area contributed by atoms with E-state index in [0.29, 0.717) is 21.9 Å². The first-order chi connectivity index (χ1) is 10.6. The lowest BCUT2D eigenvalue weighted by Gasteiger charge is -2.06. The number of aromatic nitrogens is 2. The second-order valence-corrected chi connectivity index (χ2v) is 5.61. The van der Waals surface area contributed by atoms with Crippen molar-refractivity contribution in [2.75, 3.05) is 0 Å². The van der Waals surface area contributed by atoms with Gasteiger partial charge in [-0.3, -0.25) is 14.2 Å². The van der Waals surface area contributed by atoms with E-state index in [0.717, 1.165) is 11.6 Å². The van der Waals surface area contributed by atoms with Gasteiger partial charge in [0.1, 0.15) is 5.82 Å². The molecule has 108 valence electrons. The lowest BCUT2D eigenvalue weighted by molar-refractivity contribution is 0.103. The number of fused-ring (bicyclic) bond motifs is 4. The van der Waals surface area contributed by atoms with Crippen molar-refractivity contribution < 1.29 is 9.18 Å². The fraction of sp³-hybridized carbons (Fsp3) is 0.0625. The third-order valence-electron chi connectivity index (χ3n) is 3.73. The molecule has 22 heavy (non-hydrogen) atoms. The van der Waals surface area contributed by atoms with E-state index in [1.54, 1.807) is 12.1 Å². The van der Waals surface area contributed by atoms with Crippen LogP contribution in [0.5, 0.6) is 0 Å². The van der Waals surface area contributed by atoms with Gasteiger partial charge in [0, 0.05) is 5.33 Å². The van der Waals surface area contributed by atoms with Crippen LogP contribution in [0.4, 0.5) is 4.39 Å². The van der Waals surface area contributed by atoms with Gasteiger partial charge in [0.25, 0.3) is 5.56 Å². The van der Waals surface area contributed by atoms with Crippen molar-refractivity contribution in [3.05, 3.63) is 69.5 Å². The average molecular weight is 359 g/mol. The maximum Gasteiger partial charge on any atom is 0.266 e. The smallest absolute Gasteiger partial charge is 0.266 e. The Morgan fingerprint density at radius 1 is 1.14 bits per heavy atom. The zero-order valence-electron chi connectivity index (χ0n) is 11.1. The van der Waals surface area contributed by atoms with Crippen molar-refractivity contribution in [3.8, 4) is 5.69 Å². The molecule has 0 fully saturated rings. The summed E-state index contributed by atoms with van der Waals surface area (Å²) in [6, 6.07) is 9.10. The molecular formula is C16H8BrFN2O2. The first kappa shape index (κ1) is 13.3. The lowest BCUT2D eigenvalue weighted by atomic mass is 10.1. The number of nitrogens with zero attached hydrogens (tertiary/aromatic N) is 2. The molecule has 0 bridgehead atoms. The highest BCUT2D eigenvalue weighted by Crippen LogP contribution is 2.27. The topological polar surface area (TPSA) is 52.0 Å². The maximum atomic E-state index is 13.4. The largest absolute Gasteiger partial charge is 0.285 e. The molecule has 0 radical (unpaired) electrons. The van der Waals surface area contributed by atoms with Crippen LogP contribution in [0.2, 0.25) is 0 Å². The molecule has 0 aliphatic carbocycles. The van der Waals surface area contributed by atoms with Crippen molar-refractivity contribution in [1.82, 2.24) is 9.55 Å². The van der Waals surface area contributed by atoms with Gasteiger partial charge in [-0.05, 0) is 35.9 Å². The Hall–Kier alpha value is -2.34. The van der Waals surface area contributed by atoms with Crippen LogP contribution in [0.15, 0.2) is 41.2 Å². The Balaban J connectivity index is 2.13. The molecular weight excluding hydrogens is 351 g/mol. The standard InChI is InChI=1S/C16H8BrFN2O2/c17-7-8-1-3-12-10(5-8)16(22)20-13-4-2-9(18)6-11(13)14(21)15(20)19-12/h1-6H,7H2. The number of carbonyl (C=O) groups is 1. The van der Waals surface area contributed by atoms with Crippen LogP contribution in [-0.4, -0.2) is 15.3 Å². The molecule has 0 saturated heterocycles. The lowest BCUT2D eigenvalue weighted by Crippen LogP contribution is -2.21. The minimum Gasteiger partial charge on any atom is -0.285 e. The second-order valence-electron chi connectivity index (χ2n) is 5.05. The predicted molar refractivity (Wildman–Crippen MR) is 83.4 cm³/mol. The van der Waals surface area contributed by atoms with E-state index in [9.17, 15) is 14.0 Å². The van der Waals surface area contributed by atoms with E-state index in [-0.39, 0.29) is 16.9 Å². The summed E-state index contributed by atoms with van der Waals surface area (Å²) < 4.78 is 14.6. The van der Waals surface area contributed by atoms with E-state index in [4.69, 9.17) is 0 Å². The summed E-state index contributed by atoms with van der Waals surface area (Å²) >= 11 is 3.35. The SMILES string of the molecule is O=C1c2cc(F)ccc2-n2c1nc1ccc(CBr)cc1c2=O. The van der Waals surface area contributed by atoms with E-state index >= 15 is 0 Å². The Kier molecular flexibility index (Phi) is 2.77. The van der Waals surface area contributed by atoms with Crippen LogP contribution < -0.4 is 5.56 Å². The van der Waals surface area contributed by atoms with Gasteiger partial charge in [-0.25, -0.2) is 9.37 Å². The number of hydrogen-bond acceptors (Lipinski definition) is 3. The molecule has 1 aliphatic rings. The molecule has 0 atom stereocenters. The third-order valence-corrected chi connectivity index (χ3v) is 4.38. The molecule has 4 rings (SSSR count). The molecule has 2 aromatic carbocycles. The van der Waals surface area contributed by atoms with Gasteiger partial charge >= 0.3 is 0 Å². The van der Waals surface area contributed by atoms with Gasteiger partial charge in [-0.15, -0.1) is 0 Å². The zero-order valence-corrected chi connectivity index (χ0v) is 12.7. The quantitative estimate of drug-likeness (QED) is 0.491. The van der Waals surface area contributed by atoms with Crippen LogP contribution in [-0.2, 0) is 5.33 Å². The average Bonchev–Trinajstić information content (AvgIpc) is 2.80. The molecule has 1 aliphatic heterocycles. The summed E-state index contributed by atoms with van der Waals surface area (Å²) in [6.45, 7) is 0. The number of ketones is 1. The molecule has 6 heteroatoms. The van der Waals surface area contributed by atoms with Gasteiger partial charge in [0.15, 0.2) is 5.82 Å². The van der Waals surface area contributed by atoms with Gasteiger partial charge in [-0.1, -0.05) is 22.0 Å². The maximum absolute atomic E-state index is 13.4. The molecule has 0 N–H and O–H groups in total. The molecule has 3 aromatic rings. The normalized spacial score (nSPS) is 12.5. The first-order valence-corrected chi connectivity index (χ1v) is 7.68. The summed E-state index contributed by atoms with van der Waals surface area (Å²) in [5.41, 5.74) is 1.63. The van der Waals surface area contributed by atoms with E-state index in [1.807, 2.05) is 6.07 Å². The molecule has 0 unspecified atom stereocenters. The third kappa shape index (κ3) is 1.70. The molecule has 0 spiro atoms. The number of carbonyl (C=O) groups excluding carboxylic acids is 1. The molecule has 0 amide bonds. The van der Waals surface area contributed by atoms with Gasteiger partial charge in [0.2, 0.25) is 5.78 Å². The summed E-state index contributed by atoms with van der Waals surface area (Å²) in [6.07, 6.45) is 0. The van der Waals surface area contributed by atoms with Crippen LogP contribution in [0.1, 0.15) is 21.7 Å². The van der Waals surface area contributed by atoms with Gasteiger partial charge in [-0.2, -0.15) is 0 Å². The number of hydrogen-bond donors (Lipinski definition) is 0. The minimum atomic E-state index is -0.515. The summed E-state index contributed by atoms with van der Waals surface area (Å²) in [5.74, 6) is -0.915. The zero-order chi connectivity index (χ0) is 15.4. The molecule has 1 aromatic heterocycles. The molecule has 0 saturated carbocycles. The van der Waals surface area contributed by atoms with E-state index in [1.165, 1.54) is 16.7 Å². The summed E-state index contributed by atoms with van der Waals surface area (Å²) in [7, 11) is 0. The Bertz CT molecular complexity index is 1030. The fourth-order valence-corrected chi connectivity index (χ4v) is 3.05. The Labute approximate surface area is 132 Å². The highest BCUT2D eigenvalue weighted by Gasteiger charge is 2.30. The Morgan fingerprint density at radius 3 is 2.73 bits per heavy atom. The molecule has 4 nitrogen and oxygen atoms in total. The highest BCUT2D eigenvalue weighted by molar-refractivity contribution is 9.08. The van der Waals surface area contributed by atoms with E-state index < -0.39 is 11.6 Å². The number of alkyl halides is 1. The second kappa shape index (κ2) is 4.58. The predicted octanol–water partition coefficient (Wildman–Crippen LogP) is 2.96. The van der Waals surface area contributed by atoms with Crippen LogP contribution >= 0.6 is 15.9 Å². The number of rotatable bonds is 1. The van der Waals surface area contributed by atoms with Crippen molar-refractivity contribution in [3.63, 3.8) is 0 Å². The van der Waals surface area contributed by atoms with Crippen LogP contribution in [0, 0.1) is 5.82 Å². The number of benzene rings is 2. The van der Waals surface area contributed by atoms with Gasteiger partial charge in [0.05, 0.1) is 22.2 Å². The van der Waals surface area contributed by atoms with Gasteiger partial charge < -0.3 is 0 Å². The molecule has 2 heterocycles. The van der Waals surface area contributed by atoms with Crippen LogP contribution in [0.25, 0.3) is 16.6 Å². The fourth-order valence-electron chi connectivity index (χ4n) is 2.70. The monoisotopic (exact) mass is 358 g/mol. The Morgan fingerprint density at radius 2 is 1.95 bits per heavy atom. The van der Waals surface area contributed by atoms with Crippen molar-refractivity contribution in [2.45, 2.75) is 5.33 Å². The van der Waals surface area contributed by atoms with E-state index in [2.05, 4.69) is 20.9 Å². The first-order valence-electron chi connectivity index (χ1n) is 6.56. The van der Waals surface area contributed by atoms with Crippen LogP contribution in [0.3, 0.4) is 0 Å². The summed E-state index contributed by atoms with van der Waals surface area (Å²) in [5, 5.41) is 1.05. The number of halogens is 2. The van der Waals surface area contributed by atoms with Crippen molar-refractivity contribution in [2.24, 2.45) is 0 Å². The minimum absolute atomic E-state index is 0.0321. The summed E-state index contributed by atoms with van der Waals surface area (Å²) in [4.78, 5) is 29.4. The van der Waals surface area contributed by atoms with Crippen molar-refractivity contribution >= 4 is 32.6 Å². The highest BCUT2D eigenvalue weighted by atomic mass is 79.9.